The largest absolute Gasteiger partial charge is 0.320 e. The van der Waals surface area contributed by atoms with Crippen LogP contribution in [-0.4, -0.2) is 31.1 Å². The lowest BCUT2D eigenvalue weighted by Gasteiger charge is -2.36. The molecule has 1 aliphatic rings. The van der Waals surface area contributed by atoms with E-state index in [0.29, 0.717) is 18.2 Å². The molecular formula is C15H21F3N2. The molecule has 0 bridgehead atoms. The first kappa shape index (κ1) is 15.3. The minimum absolute atomic E-state index is 0.423. The number of benzene rings is 1. The van der Waals surface area contributed by atoms with Crippen molar-refractivity contribution in [2.24, 2.45) is 0 Å². The highest BCUT2D eigenvalue weighted by molar-refractivity contribution is 5.19. The Hall–Kier alpha value is -1.07. The molecule has 0 amide bonds. The Balaban J connectivity index is 2.06. The average Bonchev–Trinajstić information content (AvgIpc) is 2.44. The maximum absolute atomic E-state index is 13.3. The lowest BCUT2D eigenvalue weighted by atomic mass is 9.98. The number of piperidine rings is 1. The number of halogens is 3. The molecular weight excluding hydrogens is 265 g/mol. The van der Waals surface area contributed by atoms with Crippen LogP contribution in [0.4, 0.5) is 13.2 Å². The molecule has 2 nitrogen and oxygen atoms in total. The van der Waals surface area contributed by atoms with Gasteiger partial charge in [0.25, 0.3) is 0 Å². The lowest BCUT2D eigenvalue weighted by molar-refractivity contribution is 0.132. The van der Waals surface area contributed by atoms with Gasteiger partial charge >= 0.3 is 0 Å². The van der Waals surface area contributed by atoms with Crippen LogP contribution in [0.3, 0.4) is 0 Å². The zero-order valence-electron chi connectivity index (χ0n) is 11.8. The molecule has 2 rings (SSSR count). The predicted molar refractivity (Wildman–Crippen MR) is 72.9 cm³/mol. The summed E-state index contributed by atoms with van der Waals surface area (Å²) >= 11 is 0. The quantitative estimate of drug-likeness (QED) is 0.837. The molecule has 0 saturated carbocycles. The Morgan fingerprint density at radius 3 is 2.55 bits per heavy atom. The fourth-order valence-corrected chi connectivity index (χ4v) is 2.84. The summed E-state index contributed by atoms with van der Waals surface area (Å²) in [7, 11) is 1.91. The fraction of sp³-hybridized carbons (Fsp3) is 0.600. The molecule has 1 aromatic rings. The molecule has 1 heterocycles. The first-order chi connectivity index (χ1) is 9.61. The van der Waals surface area contributed by atoms with Crippen LogP contribution < -0.4 is 5.32 Å². The van der Waals surface area contributed by atoms with E-state index in [-0.39, 0.29) is 0 Å². The smallest absolute Gasteiger partial charge is 0.194 e. The van der Waals surface area contributed by atoms with Crippen LogP contribution in [0.5, 0.6) is 0 Å². The number of nitrogens with zero attached hydrogens (tertiary/aromatic N) is 1. The van der Waals surface area contributed by atoms with Gasteiger partial charge in [-0.15, -0.1) is 0 Å². The Bertz CT molecular complexity index is 428. The summed E-state index contributed by atoms with van der Waals surface area (Å²) in [6, 6.07) is 2.62. The van der Waals surface area contributed by atoms with Crippen molar-refractivity contribution in [3.05, 3.63) is 35.1 Å². The van der Waals surface area contributed by atoms with Crippen molar-refractivity contribution >= 4 is 0 Å². The van der Waals surface area contributed by atoms with E-state index in [4.69, 9.17) is 0 Å². The maximum atomic E-state index is 13.3. The third-order valence-corrected chi connectivity index (χ3v) is 3.91. The van der Waals surface area contributed by atoms with Crippen LogP contribution in [0.25, 0.3) is 0 Å². The van der Waals surface area contributed by atoms with Crippen molar-refractivity contribution in [3.8, 4) is 0 Å². The second kappa shape index (κ2) is 7.09. The van der Waals surface area contributed by atoms with Crippen molar-refractivity contribution in [1.82, 2.24) is 10.2 Å². The molecule has 0 spiro atoms. The Morgan fingerprint density at radius 1 is 1.20 bits per heavy atom. The number of hydrogen-bond donors (Lipinski definition) is 1. The van der Waals surface area contributed by atoms with E-state index in [1.165, 1.54) is 6.42 Å². The minimum atomic E-state index is -1.39. The van der Waals surface area contributed by atoms with Gasteiger partial charge in [-0.2, -0.15) is 0 Å². The highest BCUT2D eigenvalue weighted by Gasteiger charge is 2.22. The third kappa shape index (κ3) is 3.73. The lowest BCUT2D eigenvalue weighted by Crippen LogP contribution is -2.40. The van der Waals surface area contributed by atoms with Gasteiger partial charge in [0.2, 0.25) is 0 Å². The molecule has 1 N–H and O–H groups in total. The van der Waals surface area contributed by atoms with Gasteiger partial charge in [-0.25, -0.2) is 13.2 Å². The van der Waals surface area contributed by atoms with Crippen LogP contribution >= 0.6 is 0 Å². The highest BCUT2D eigenvalue weighted by Crippen LogP contribution is 2.23. The van der Waals surface area contributed by atoms with Crippen LogP contribution in [0.15, 0.2) is 12.1 Å². The average molecular weight is 286 g/mol. The fourth-order valence-electron chi connectivity index (χ4n) is 2.84. The number of hydrogen-bond acceptors (Lipinski definition) is 2. The summed E-state index contributed by atoms with van der Waals surface area (Å²) in [4.78, 5) is 2.24. The molecule has 0 aromatic heterocycles. The Morgan fingerprint density at radius 2 is 1.90 bits per heavy atom. The molecule has 1 aliphatic heterocycles. The first-order valence-corrected chi connectivity index (χ1v) is 7.14. The zero-order chi connectivity index (χ0) is 14.5. The van der Waals surface area contributed by atoms with E-state index in [9.17, 15) is 13.2 Å². The van der Waals surface area contributed by atoms with Crippen molar-refractivity contribution < 1.29 is 13.2 Å². The summed E-state index contributed by atoms with van der Waals surface area (Å²) in [5, 5.41) is 3.13. The summed E-state index contributed by atoms with van der Waals surface area (Å²) in [5.74, 6) is -3.60. The molecule has 5 heteroatoms. The predicted octanol–water partition coefficient (Wildman–Crippen LogP) is 3.07. The molecule has 0 aliphatic carbocycles. The summed E-state index contributed by atoms with van der Waals surface area (Å²) in [6.45, 7) is 2.32. The molecule has 1 aromatic carbocycles. The van der Waals surface area contributed by atoms with Gasteiger partial charge in [-0.1, -0.05) is 6.42 Å². The van der Waals surface area contributed by atoms with Crippen LogP contribution in [0.1, 0.15) is 31.2 Å². The summed E-state index contributed by atoms with van der Waals surface area (Å²) < 4.78 is 39.5. The van der Waals surface area contributed by atoms with E-state index in [0.717, 1.165) is 44.5 Å². The Labute approximate surface area is 118 Å². The summed E-state index contributed by atoms with van der Waals surface area (Å²) in [6.07, 6.45) is 4.41. The molecule has 20 heavy (non-hydrogen) atoms. The minimum Gasteiger partial charge on any atom is -0.320 e. The molecule has 1 atom stereocenters. The van der Waals surface area contributed by atoms with Crippen molar-refractivity contribution in [2.45, 2.75) is 38.3 Å². The van der Waals surface area contributed by atoms with E-state index < -0.39 is 17.5 Å². The van der Waals surface area contributed by atoms with Gasteiger partial charge in [0.05, 0.1) is 0 Å². The van der Waals surface area contributed by atoms with E-state index in [2.05, 4.69) is 10.2 Å². The van der Waals surface area contributed by atoms with Gasteiger partial charge in [-0.3, -0.25) is 4.90 Å². The molecule has 1 unspecified atom stereocenters. The van der Waals surface area contributed by atoms with Gasteiger partial charge in [0, 0.05) is 12.6 Å². The maximum Gasteiger partial charge on any atom is 0.194 e. The van der Waals surface area contributed by atoms with Crippen molar-refractivity contribution in [3.63, 3.8) is 0 Å². The number of nitrogens with one attached hydrogen (secondary N) is 1. The van der Waals surface area contributed by atoms with E-state index in [1.54, 1.807) is 0 Å². The van der Waals surface area contributed by atoms with Crippen molar-refractivity contribution in [2.75, 3.05) is 20.1 Å². The highest BCUT2D eigenvalue weighted by atomic mass is 19.2. The van der Waals surface area contributed by atoms with Crippen LogP contribution in [-0.2, 0) is 6.54 Å². The molecule has 0 radical (unpaired) electrons. The van der Waals surface area contributed by atoms with Crippen LogP contribution in [0, 0.1) is 17.5 Å². The molecule has 112 valence electrons. The van der Waals surface area contributed by atoms with Crippen molar-refractivity contribution in [1.29, 1.82) is 0 Å². The third-order valence-electron chi connectivity index (χ3n) is 3.91. The van der Waals surface area contributed by atoms with E-state index >= 15 is 0 Å². The van der Waals surface area contributed by atoms with Crippen LogP contribution in [0.2, 0.25) is 0 Å². The first-order valence-electron chi connectivity index (χ1n) is 7.14. The zero-order valence-corrected chi connectivity index (χ0v) is 11.8. The monoisotopic (exact) mass is 286 g/mol. The molecule has 1 saturated heterocycles. The normalized spacial score (nSPS) is 20.3. The summed E-state index contributed by atoms with van der Waals surface area (Å²) in [5.41, 5.74) is 0.498. The number of likely N-dealkylation sites (tertiary alicyclic amines) is 1. The molecule has 1 fully saturated rings. The van der Waals surface area contributed by atoms with Gasteiger partial charge in [0.1, 0.15) is 0 Å². The van der Waals surface area contributed by atoms with Gasteiger partial charge < -0.3 is 5.32 Å². The number of rotatable bonds is 5. The SMILES string of the molecule is CNCCC1CCCCN1Cc1cc(F)c(F)c(F)c1. The topological polar surface area (TPSA) is 15.3 Å². The Kier molecular flexibility index (Phi) is 5.43. The second-order valence-electron chi connectivity index (χ2n) is 5.39. The van der Waals surface area contributed by atoms with Gasteiger partial charge in [-0.05, 0) is 57.1 Å². The van der Waals surface area contributed by atoms with Gasteiger partial charge in [0.15, 0.2) is 17.5 Å². The standard InChI is InChI=1S/C15H21F3N2/c1-19-6-5-12-4-2-3-7-20(12)10-11-8-13(16)15(18)14(17)9-11/h8-9,12,19H,2-7,10H2,1H3. The van der Waals surface area contributed by atoms with E-state index in [1.807, 2.05) is 7.05 Å². The second-order valence-corrected chi connectivity index (χ2v) is 5.39.